The average Bonchev–Trinajstić information content (AvgIpc) is 2.74. The predicted molar refractivity (Wildman–Crippen MR) is 116 cm³/mol. The smallest absolute Gasteiger partial charge is 0.368 e. The molecule has 0 unspecified atom stereocenters. The van der Waals surface area contributed by atoms with Gasteiger partial charge in [0.25, 0.3) is 5.91 Å². The van der Waals surface area contributed by atoms with E-state index in [9.17, 15) is 18.0 Å². The van der Waals surface area contributed by atoms with Gasteiger partial charge in [0.15, 0.2) is 5.15 Å². The molecule has 0 fully saturated rings. The maximum atomic E-state index is 13.0. The number of halogens is 4. The van der Waals surface area contributed by atoms with Crippen LogP contribution in [0.5, 0.6) is 0 Å². The monoisotopic (exact) mass is 457 g/mol. The van der Waals surface area contributed by atoms with E-state index in [1.807, 2.05) is 19.1 Å². The lowest BCUT2D eigenvalue weighted by Gasteiger charge is -2.13. The van der Waals surface area contributed by atoms with E-state index in [1.54, 1.807) is 30.5 Å². The summed E-state index contributed by atoms with van der Waals surface area (Å²) in [4.78, 5) is 24.4. The fourth-order valence-corrected chi connectivity index (χ4v) is 3.33. The first kappa shape index (κ1) is 21.5. The Morgan fingerprint density at radius 1 is 1.06 bits per heavy atom. The number of hydrogen-bond donors (Lipinski definition) is 2. The number of nitrogen functional groups attached to an aromatic ring is 1. The van der Waals surface area contributed by atoms with Crippen LogP contribution in [0.4, 0.5) is 24.8 Å². The van der Waals surface area contributed by atoms with Crippen molar-refractivity contribution in [1.82, 2.24) is 15.0 Å². The van der Waals surface area contributed by atoms with Gasteiger partial charge in [-0.05, 0) is 53.9 Å². The van der Waals surface area contributed by atoms with Gasteiger partial charge in [0.1, 0.15) is 0 Å². The third kappa shape index (κ3) is 4.33. The zero-order valence-corrected chi connectivity index (χ0v) is 17.3. The number of aryl methyl sites for hydroxylation is 1. The molecule has 0 spiro atoms. The van der Waals surface area contributed by atoms with Crippen LogP contribution in [0.2, 0.25) is 5.15 Å². The maximum absolute atomic E-state index is 13.0. The van der Waals surface area contributed by atoms with Gasteiger partial charge in [0, 0.05) is 23.3 Å². The molecule has 32 heavy (non-hydrogen) atoms. The number of anilines is 2. The van der Waals surface area contributed by atoms with Crippen LogP contribution in [0.15, 0.2) is 54.9 Å². The minimum Gasteiger partial charge on any atom is -0.368 e. The van der Waals surface area contributed by atoms with E-state index < -0.39 is 17.6 Å². The third-order valence-electron chi connectivity index (χ3n) is 4.82. The molecule has 1 amide bonds. The van der Waals surface area contributed by atoms with Crippen LogP contribution >= 0.6 is 11.6 Å². The Labute approximate surface area is 185 Å². The number of fused-ring (bicyclic) bond motifs is 1. The first-order valence-electron chi connectivity index (χ1n) is 9.29. The second kappa shape index (κ2) is 8.08. The molecule has 0 aliphatic carbocycles. The molecule has 6 nitrogen and oxygen atoms in total. The Balaban J connectivity index is 1.67. The van der Waals surface area contributed by atoms with Crippen molar-refractivity contribution in [3.8, 4) is 11.1 Å². The number of nitrogens with two attached hydrogens (primary N) is 1. The number of rotatable bonds is 3. The summed E-state index contributed by atoms with van der Waals surface area (Å²) in [5.74, 6) is -0.450. The van der Waals surface area contributed by atoms with Gasteiger partial charge in [-0.1, -0.05) is 23.7 Å². The van der Waals surface area contributed by atoms with Crippen molar-refractivity contribution in [1.29, 1.82) is 0 Å². The van der Waals surface area contributed by atoms with Crippen LogP contribution in [0.1, 0.15) is 21.5 Å². The van der Waals surface area contributed by atoms with E-state index in [0.717, 1.165) is 28.1 Å². The van der Waals surface area contributed by atoms with Gasteiger partial charge < -0.3 is 11.1 Å². The molecule has 3 N–H and O–H groups in total. The van der Waals surface area contributed by atoms with Crippen molar-refractivity contribution < 1.29 is 18.0 Å². The van der Waals surface area contributed by atoms with E-state index in [0.29, 0.717) is 11.7 Å². The number of hydrogen-bond acceptors (Lipinski definition) is 5. The number of benzene rings is 2. The van der Waals surface area contributed by atoms with Gasteiger partial charge in [0.05, 0.1) is 16.8 Å². The van der Waals surface area contributed by atoms with E-state index >= 15 is 0 Å². The predicted octanol–water partition coefficient (Wildman–Crippen LogP) is 5.51. The Bertz CT molecular complexity index is 1360. The number of carbonyl (C=O) groups is 1. The lowest BCUT2D eigenvalue weighted by molar-refractivity contribution is -0.137. The highest BCUT2D eigenvalue weighted by molar-refractivity contribution is 6.32. The Kier molecular flexibility index (Phi) is 5.43. The Morgan fingerprint density at radius 2 is 1.84 bits per heavy atom. The van der Waals surface area contributed by atoms with E-state index in [1.165, 1.54) is 0 Å². The summed E-state index contributed by atoms with van der Waals surface area (Å²) in [7, 11) is 0. The molecular formula is C22H15ClF3N5O. The highest BCUT2D eigenvalue weighted by Gasteiger charge is 2.32. The standard InChI is InChI=1S/C22H15ClF3N5O/c1-11-2-3-13(20(32)30-18-8-15(22(24,25)26)10-28-19(18)23)7-16(11)12-4-5-17-14(6-12)9-29-21(27)31-17/h2-10H,1H3,(H,30,32)(H2,27,29,31). The van der Waals surface area contributed by atoms with Crippen LogP contribution in [-0.4, -0.2) is 20.9 Å². The molecule has 2 heterocycles. The van der Waals surface area contributed by atoms with Crippen molar-refractivity contribution in [2.45, 2.75) is 13.1 Å². The average molecular weight is 458 g/mol. The van der Waals surface area contributed by atoms with Crippen LogP contribution in [0.25, 0.3) is 22.0 Å². The molecule has 2 aromatic carbocycles. The lowest BCUT2D eigenvalue weighted by atomic mass is 9.97. The van der Waals surface area contributed by atoms with Crippen LogP contribution < -0.4 is 11.1 Å². The largest absolute Gasteiger partial charge is 0.417 e. The SMILES string of the molecule is Cc1ccc(C(=O)Nc2cc(C(F)(F)F)cnc2Cl)cc1-c1ccc2nc(N)ncc2c1. The summed E-state index contributed by atoms with van der Waals surface area (Å²) in [6.07, 6.45) is -2.40. The number of nitrogens with zero attached hydrogens (tertiary/aromatic N) is 3. The molecule has 2 aromatic heterocycles. The number of amides is 1. The second-order valence-corrected chi connectivity index (χ2v) is 7.40. The number of nitrogens with one attached hydrogen (secondary N) is 1. The fourth-order valence-electron chi connectivity index (χ4n) is 3.17. The van der Waals surface area contributed by atoms with Gasteiger partial charge >= 0.3 is 6.18 Å². The topological polar surface area (TPSA) is 93.8 Å². The summed E-state index contributed by atoms with van der Waals surface area (Å²) < 4.78 is 38.9. The molecule has 162 valence electrons. The van der Waals surface area contributed by atoms with Gasteiger partial charge in [-0.25, -0.2) is 15.0 Å². The first-order valence-corrected chi connectivity index (χ1v) is 9.67. The second-order valence-electron chi connectivity index (χ2n) is 7.05. The maximum Gasteiger partial charge on any atom is 0.417 e. The van der Waals surface area contributed by atoms with Crippen LogP contribution in [0.3, 0.4) is 0 Å². The summed E-state index contributed by atoms with van der Waals surface area (Å²) in [5, 5.41) is 2.93. The number of aromatic nitrogens is 3. The van der Waals surface area contributed by atoms with E-state index in [2.05, 4.69) is 20.3 Å². The minimum absolute atomic E-state index is 0.169. The quantitative estimate of drug-likeness (QED) is 0.396. The molecule has 0 aliphatic rings. The zero-order valence-electron chi connectivity index (χ0n) is 16.5. The Hall–Kier alpha value is -3.72. The highest BCUT2D eigenvalue weighted by Crippen LogP contribution is 2.33. The van der Waals surface area contributed by atoms with Gasteiger partial charge in [-0.2, -0.15) is 13.2 Å². The summed E-state index contributed by atoms with van der Waals surface area (Å²) >= 11 is 5.88. The van der Waals surface area contributed by atoms with Crippen molar-refractivity contribution in [3.05, 3.63) is 76.7 Å². The molecule has 4 rings (SSSR count). The number of alkyl halides is 3. The summed E-state index contributed by atoms with van der Waals surface area (Å²) in [6.45, 7) is 1.88. The number of pyridine rings is 1. The van der Waals surface area contributed by atoms with Crippen molar-refractivity contribution >= 4 is 40.0 Å². The summed E-state index contributed by atoms with van der Waals surface area (Å²) in [5.41, 5.74) is 7.78. The molecular weight excluding hydrogens is 443 g/mol. The van der Waals surface area contributed by atoms with Crippen LogP contribution in [0, 0.1) is 6.92 Å². The molecule has 0 atom stereocenters. The normalized spacial score (nSPS) is 11.5. The molecule has 0 aliphatic heterocycles. The molecule has 0 bridgehead atoms. The lowest BCUT2D eigenvalue weighted by Crippen LogP contribution is -2.14. The van der Waals surface area contributed by atoms with Crippen LogP contribution in [-0.2, 0) is 6.18 Å². The van der Waals surface area contributed by atoms with E-state index in [4.69, 9.17) is 17.3 Å². The van der Waals surface area contributed by atoms with Crippen molar-refractivity contribution in [2.24, 2.45) is 0 Å². The molecule has 0 saturated heterocycles. The molecule has 4 aromatic rings. The van der Waals surface area contributed by atoms with Gasteiger partial charge in [-0.15, -0.1) is 0 Å². The first-order chi connectivity index (χ1) is 15.1. The zero-order chi connectivity index (χ0) is 23.0. The minimum atomic E-state index is -4.61. The highest BCUT2D eigenvalue weighted by atomic mass is 35.5. The third-order valence-corrected chi connectivity index (χ3v) is 5.12. The number of carbonyl (C=O) groups excluding carboxylic acids is 1. The molecule has 0 saturated carbocycles. The van der Waals surface area contributed by atoms with Crippen molar-refractivity contribution in [2.75, 3.05) is 11.1 Å². The van der Waals surface area contributed by atoms with E-state index in [-0.39, 0.29) is 22.4 Å². The summed E-state index contributed by atoms with van der Waals surface area (Å²) in [6, 6.07) is 11.2. The fraction of sp³-hybridized carbons (Fsp3) is 0.0909. The van der Waals surface area contributed by atoms with Gasteiger partial charge in [0.2, 0.25) is 5.95 Å². The molecule has 0 radical (unpaired) electrons. The Morgan fingerprint density at radius 3 is 2.59 bits per heavy atom. The molecule has 10 heteroatoms. The van der Waals surface area contributed by atoms with Crippen molar-refractivity contribution in [3.63, 3.8) is 0 Å². The van der Waals surface area contributed by atoms with Gasteiger partial charge in [-0.3, -0.25) is 4.79 Å².